The first-order valence-electron chi connectivity index (χ1n) is 8.14. The Hall–Kier alpha value is -2.83. The van der Waals surface area contributed by atoms with Crippen LogP contribution in [0.15, 0.2) is 66.9 Å². The first kappa shape index (κ1) is 17.6. The third kappa shape index (κ3) is 3.67. The molecule has 0 saturated heterocycles. The quantitative estimate of drug-likeness (QED) is 0.467. The molecule has 0 aliphatic carbocycles. The van der Waals surface area contributed by atoms with Gasteiger partial charge >= 0.3 is 0 Å². The van der Waals surface area contributed by atoms with Crippen LogP contribution < -0.4 is 4.90 Å². The van der Waals surface area contributed by atoms with E-state index in [2.05, 4.69) is 9.97 Å². The van der Waals surface area contributed by atoms with Gasteiger partial charge in [-0.2, -0.15) is 0 Å². The molecule has 1 amide bonds. The second-order valence-corrected chi connectivity index (χ2v) is 7.22. The highest BCUT2D eigenvalue weighted by molar-refractivity contribution is 7.22. The van der Waals surface area contributed by atoms with E-state index in [-0.39, 0.29) is 18.0 Å². The van der Waals surface area contributed by atoms with Gasteiger partial charge in [0.2, 0.25) is 0 Å². The summed E-state index contributed by atoms with van der Waals surface area (Å²) in [5, 5.41) is 1.00. The van der Waals surface area contributed by atoms with Crippen molar-refractivity contribution in [2.45, 2.75) is 6.54 Å². The van der Waals surface area contributed by atoms with Crippen molar-refractivity contribution in [2.24, 2.45) is 0 Å². The van der Waals surface area contributed by atoms with Gasteiger partial charge < -0.3 is 0 Å². The van der Waals surface area contributed by atoms with E-state index in [0.717, 1.165) is 4.70 Å². The molecular formula is C20H13ClFN3OS. The van der Waals surface area contributed by atoms with Gasteiger partial charge in [-0.3, -0.25) is 14.7 Å². The first-order chi connectivity index (χ1) is 13.1. The lowest BCUT2D eigenvalue weighted by Crippen LogP contribution is -2.30. The number of rotatable bonds is 4. The molecule has 0 N–H and O–H groups in total. The maximum Gasteiger partial charge on any atom is 0.260 e. The van der Waals surface area contributed by atoms with Crippen molar-refractivity contribution >= 4 is 44.2 Å². The molecule has 7 heteroatoms. The van der Waals surface area contributed by atoms with E-state index >= 15 is 0 Å². The Kier molecular flexibility index (Phi) is 4.83. The number of pyridine rings is 1. The van der Waals surface area contributed by atoms with Crippen LogP contribution in [0.25, 0.3) is 10.2 Å². The van der Waals surface area contributed by atoms with Crippen LogP contribution in [0.2, 0.25) is 5.02 Å². The number of hydrogen-bond acceptors (Lipinski definition) is 4. The Morgan fingerprint density at radius 3 is 2.70 bits per heavy atom. The van der Waals surface area contributed by atoms with E-state index in [1.54, 1.807) is 24.4 Å². The number of aromatic nitrogens is 2. The van der Waals surface area contributed by atoms with Crippen molar-refractivity contribution in [1.82, 2.24) is 9.97 Å². The molecule has 4 nitrogen and oxygen atoms in total. The van der Waals surface area contributed by atoms with Gasteiger partial charge in [0.15, 0.2) is 5.13 Å². The molecule has 2 aromatic heterocycles. The summed E-state index contributed by atoms with van der Waals surface area (Å²) in [7, 11) is 0. The molecule has 0 spiro atoms. The number of amides is 1. The fourth-order valence-electron chi connectivity index (χ4n) is 2.68. The number of benzene rings is 2. The molecule has 0 aliphatic heterocycles. The number of thiazole rings is 1. The Morgan fingerprint density at radius 2 is 1.96 bits per heavy atom. The maximum absolute atomic E-state index is 13.6. The van der Waals surface area contributed by atoms with Crippen molar-refractivity contribution < 1.29 is 9.18 Å². The average Bonchev–Trinajstić information content (AvgIpc) is 3.12. The Labute approximate surface area is 163 Å². The highest BCUT2D eigenvalue weighted by Gasteiger charge is 2.23. The summed E-state index contributed by atoms with van der Waals surface area (Å²) in [6.07, 6.45) is 1.66. The van der Waals surface area contributed by atoms with Crippen LogP contribution in [-0.2, 0) is 6.54 Å². The molecular weight excluding hydrogens is 385 g/mol. The summed E-state index contributed by atoms with van der Waals surface area (Å²) in [6.45, 7) is 0.216. The zero-order chi connectivity index (χ0) is 18.8. The van der Waals surface area contributed by atoms with Crippen LogP contribution in [0.4, 0.5) is 9.52 Å². The fourth-order valence-corrected chi connectivity index (χ4v) is 3.94. The van der Waals surface area contributed by atoms with Crippen LogP contribution in [-0.4, -0.2) is 15.9 Å². The molecule has 0 atom stereocenters. The minimum Gasteiger partial charge on any atom is -0.278 e. The molecule has 134 valence electrons. The van der Waals surface area contributed by atoms with Gasteiger partial charge in [-0.25, -0.2) is 9.37 Å². The third-order valence-electron chi connectivity index (χ3n) is 3.95. The van der Waals surface area contributed by atoms with E-state index in [0.29, 0.717) is 21.4 Å². The van der Waals surface area contributed by atoms with Crippen LogP contribution in [0.5, 0.6) is 0 Å². The second kappa shape index (κ2) is 7.42. The maximum atomic E-state index is 13.6. The van der Waals surface area contributed by atoms with E-state index in [1.165, 1.54) is 34.4 Å². The van der Waals surface area contributed by atoms with Gasteiger partial charge in [-0.15, -0.1) is 0 Å². The number of halogens is 2. The molecule has 0 radical (unpaired) electrons. The average molecular weight is 398 g/mol. The van der Waals surface area contributed by atoms with E-state index < -0.39 is 5.82 Å². The normalized spacial score (nSPS) is 10.9. The number of carbonyl (C=O) groups is 1. The van der Waals surface area contributed by atoms with Crippen LogP contribution in [0.3, 0.4) is 0 Å². The second-order valence-electron chi connectivity index (χ2n) is 5.81. The summed E-state index contributed by atoms with van der Waals surface area (Å²) >= 11 is 7.59. The third-order valence-corrected chi connectivity index (χ3v) is 5.30. The standard InChI is InChI=1S/C20H13ClFN3OS/c21-16-8-4-9-17-18(16)24-20(27-17)25(12-15-7-1-2-10-23-15)19(26)13-5-3-6-14(22)11-13/h1-11H,12H2. The molecule has 4 aromatic rings. The largest absolute Gasteiger partial charge is 0.278 e. The molecule has 2 aromatic carbocycles. The number of anilines is 1. The monoisotopic (exact) mass is 397 g/mol. The van der Waals surface area contributed by atoms with Crippen molar-refractivity contribution in [3.8, 4) is 0 Å². The predicted molar refractivity (Wildman–Crippen MR) is 106 cm³/mol. The number of nitrogens with zero attached hydrogens (tertiary/aromatic N) is 3. The number of fused-ring (bicyclic) bond motifs is 1. The Balaban J connectivity index is 1.79. The zero-order valence-electron chi connectivity index (χ0n) is 14.0. The summed E-state index contributed by atoms with van der Waals surface area (Å²) in [4.78, 5) is 23.5. The lowest BCUT2D eigenvalue weighted by atomic mass is 10.2. The molecule has 2 heterocycles. The van der Waals surface area contributed by atoms with E-state index in [9.17, 15) is 9.18 Å². The molecule has 4 rings (SSSR count). The minimum atomic E-state index is -0.467. The van der Waals surface area contributed by atoms with Gasteiger partial charge in [0, 0.05) is 11.8 Å². The van der Waals surface area contributed by atoms with Crippen LogP contribution in [0.1, 0.15) is 16.1 Å². The van der Waals surface area contributed by atoms with Crippen molar-refractivity contribution in [3.63, 3.8) is 0 Å². The molecule has 0 saturated carbocycles. The molecule has 0 fully saturated rings. The van der Waals surface area contributed by atoms with Gasteiger partial charge in [0.25, 0.3) is 5.91 Å². The van der Waals surface area contributed by atoms with E-state index in [4.69, 9.17) is 11.6 Å². The van der Waals surface area contributed by atoms with Crippen LogP contribution >= 0.6 is 22.9 Å². The Morgan fingerprint density at radius 1 is 1.11 bits per heavy atom. The van der Waals surface area contributed by atoms with Crippen LogP contribution in [0, 0.1) is 5.82 Å². The Bertz CT molecular complexity index is 1120. The highest BCUT2D eigenvalue weighted by Crippen LogP contribution is 2.34. The first-order valence-corrected chi connectivity index (χ1v) is 9.33. The topological polar surface area (TPSA) is 46.1 Å². The number of hydrogen-bond donors (Lipinski definition) is 0. The van der Waals surface area contributed by atoms with Gasteiger partial charge in [0.1, 0.15) is 11.3 Å². The molecule has 0 aliphatic rings. The summed E-state index contributed by atoms with van der Waals surface area (Å²) in [6, 6.07) is 16.6. The van der Waals surface area contributed by atoms with E-state index in [1.807, 2.05) is 24.3 Å². The summed E-state index contributed by atoms with van der Waals surface area (Å²) in [5.41, 5.74) is 1.58. The fraction of sp³-hybridized carbons (Fsp3) is 0.0500. The van der Waals surface area contributed by atoms with Crippen molar-refractivity contribution in [1.29, 1.82) is 0 Å². The minimum absolute atomic E-state index is 0.216. The van der Waals surface area contributed by atoms with Gasteiger partial charge in [0.05, 0.1) is 22.0 Å². The smallest absolute Gasteiger partial charge is 0.260 e. The SMILES string of the molecule is O=C(c1cccc(F)c1)N(Cc1ccccn1)c1nc2c(Cl)cccc2s1. The zero-order valence-corrected chi connectivity index (χ0v) is 15.5. The summed E-state index contributed by atoms with van der Waals surface area (Å²) in [5.74, 6) is -0.818. The van der Waals surface area contributed by atoms with Gasteiger partial charge in [-0.05, 0) is 42.5 Å². The van der Waals surface area contributed by atoms with Gasteiger partial charge in [-0.1, -0.05) is 41.1 Å². The molecule has 0 unspecified atom stereocenters. The molecule has 0 bridgehead atoms. The molecule has 27 heavy (non-hydrogen) atoms. The lowest BCUT2D eigenvalue weighted by Gasteiger charge is -2.19. The van der Waals surface area contributed by atoms with Crippen molar-refractivity contribution in [2.75, 3.05) is 4.90 Å². The number of para-hydroxylation sites is 1. The lowest BCUT2D eigenvalue weighted by molar-refractivity contribution is 0.0984. The number of carbonyl (C=O) groups excluding carboxylic acids is 1. The summed E-state index contributed by atoms with van der Waals surface area (Å²) < 4.78 is 14.5. The predicted octanol–water partition coefficient (Wildman–Crippen LogP) is 5.33. The highest BCUT2D eigenvalue weighted by atomic mass is 35.5. The van der Waals surface area contributed by atoms with Crippen molar-refractivity contribution in [3.05, 3.63) is 89.0 Å².